The standard InChI is InChI=1S/C22H17ClFN3O2/c1-14-4-3-9-27-12-17(25-21(14)27)13-29-18-6-2-5-15(10-18)22(28)26-20-8-7-16(24)11-19(20)23/h2-12H,13H2,1H3,(H,26,28). The minimum Gasteiger partial charge on any atom is -0.487 e. The minimum atomic E-state index is -0.467. The maximum absolute atomic E-state index is 13.2. The maximum atomic E-state index is 13.2. The van der Waals surface area contributed by atoms with E-state index in [1.165, 1.54) is 12.1 Å². The van der Waals surface area contributed by atoms with Crippen LogP contribution in [-0.2, 0) is 6.61 Å². The van der Waals surface area contributed by atoms with Crippen molar-refractivity contribution in [3.8, 4) is 5.75 Å². The van der Waals surface area contributed by atoms with Gasteiger partial charge in [-0.1, -0.05) is 23.7 Å². The van der Waals surface area contributed by atoms with Crippen molar-refractivity contribution in [2.24, 2.45) is 0 Å². The number of aryl methyl sites for hydroxylation is 1. The first-order chi connectivity index (χ1) is 14.0. The molecule has 1 N–H and O–H groups in total. The third kappa shape index (κ3) is 4.22. The normalized spacial score (nSPS) is 10.9. The van der Waals surface area contributed by atoms with E-state index in [2.05, 4.69) is 10.3 Å². The average molecular weight is 410 g/mol. The number of anilines is 1. The van der Waals surface area contributed by atoms with Crippen molar-refractivity contribution in [1.82, 2.24) is 9.38 Å². The minimum absolute atomic E-state index is 0.132. The number of benzene rings is 2. The SMILES string of the molecule is Cc1cccn2cc(COc3cccc(C(=O)Nc4ccc(F)cc4Cl)c3)nc12. The van der Waals surface area contributed by atoms with Gasteiger partial charge in [0.1, 0.15) is 23.8 Å². The lowest BCUT2D eigenvalue weighted by Gasteiger charge is -2.09. The molecule has 0 spiro atoms. The molecule has 146 valence electrons. The summed E-state index contributed by atoms with van der Waals surface area (Å²) in [4.78, 5) is 17.1. The molecule has 2 aromatic heterocycles. The number of carbonyl (C=O) groups excluding carboxylic acids is 1. The summed E-state index contributed by atoms with van der Waals surface area (Å²) < 4.78 is 20.9. The van der Waals surface area contributed by atoms with Gasteiger partial charge in [-0.05, 0) is 55.0 Å². The molecule has 0 unspecified atom stereocenters. The van der Waals surface area contributed by atoms with Crippen LogP contribution >= 0.6 is 11.6 Å². The summed E-state index contributed by atoms with van der Waals surface area (Å²) >= 11 is 5.97. The van der Waals surface area contributed by atoms with Crippen LogP contribution in [0.2, 0.25) is 5.02 Å². The highest BCUT2D eigenvalue weighted by molar-refractivity contribution is 6.33. The number of halogens is 2. The smallest absolute Gasteiger partial charge is 0.255 e. The second-order valence-corrected chi connectivity index (χ2v) is 6.96. The van der Waals surface area contributed by atoms with Gasteiger partial charge in [0.25, 0.3) is 5.91 Å². The highest BCUT2D eigenvalue weighted by Gasteiger charge is 2.11. The second-order valence-electron chi connectivity index (χ2n) is 6.55. The fourth-order valence-corrected chi connectivity index (χ4v) is 3.16. The second kappa shape index (κ2) is 7.93. The Kier molecular flexibility index (Phi) is 5.18. The molecule has 5 nitrogen and oxygen atoms in total. The van der Waals surface area contributed by atoms with Crippen LogP contribution < -0.4 is 10.1 Å². The molecule has 7 heteroatoms. The number of pyridine rings is 1. The van der Waals surface area contributed by atoms with Crippen LogP contribution in [0.5, 0.6) is 5.75 Å². The summed E-state index contributed by atoms with van der Waals surface area (Å²) in [6.45, 7) is 2.28. The molecule has 0 radical (unpaired) electrons. The van der Waals surface area contributed by atoms with Gasteiger partial charge in [0.05, 0.1) is 16.4 Å². The van der Waals surface area contributed by atoms with Gasteiger partial charge in [0.2, 0.25) is 0 Å². The van der Waals surface area contributed by atoms with E-state index in [1.54, 1.807) is 24.3 Å². The van der Waals surface area contributed by atoms with Gasteiger partial charge >= 0.3 is 0 Å². The number of aromatic nitrogens is 2. The van der Waals surface area contributed by atoms with E-state index in [9.17, 15) is 9.18 Å². The van der Waals surface area contributed by atoms with Gasteiger partial charge in [-0.3, -0.25) is 4.79 Å². The number of fused-ring (bicyclic) bond motifs is 1. The van der Waals surface area contributed by atoms with Crippen LogP contribution in [0.3, 0.4) is 0 Å². The number of nitrogens with zero attached hydrogens (tertiary/aromatic N) is 2. The van der Waals surface area contributed by atoms with E-state index in [-0.39, 0.29) is 17.5 Å². The quantitative estimate of drug-likeness (QED) is 0.488. The fourth-order valence-electron chi connectivity index (χ4n) is 2.94. The van der Waals surface area contributed by atoms with Crippen LogP contribution in [0.1, 0.15) is 21.6 Å². The Morgan fingerprint density at radius 1 is 1.21 bits per heavy atom. The highest BCUT2D eigenvalue weighted by Crippen LogP contribution is 2.24. The Bertz CT molecular complexity index is 1210. The number of ether oxygens (including phenoxy) is 1. The zero-order valence-corrected chi connectivity index (χ0v) is 16.3. The zero-order valence-electron chi connectivity index (χ0n) is 15.5. The average Bonchev–Trinajstić information content (AvgIpc) is 3.13. The Morgan fingerprint density at radius 2 is 2.07 bits per heavy atom. The summed E-state index contributed by atoms with van der Waals surface area (Å²) in [5.74, 6) is -0.297. The molecular weight excluding hydrogens is 393 g/mol. The van der Waals surface area contributed by atoms with Gasteiger partial charge in [-0.25, -0.2) is 9.37 Å². The Hall–Kier alpha value is -3.38. The number of nitrogens with one attached hydrogen (secondary N) is 1. The largest absolute Gasteiger partial charge is 0.487 e. The van der Waals surface area contributed by atoms with Crippen LogP contribution in [0.15, 0.2) is 67.0 Å². The van der Waals surface area contributed by atoms with E-state index in [0.29, 0.717) is 17.0 Å². The van der Waals surface area contributed by atoms with Crippen molar-refractivity contribution in [3.05, 3.63) is 94.7 Å². The van der Waals surface area contributed by atoms with E-state index in [1.807, 2.05) is 35.9 Å². The molecular formula is C22H17ClFN3O2. The molecule has 4 rings (SSSR count). The molecule has 2 heterocycles. The third-order valence-corrected chi connectivity index (χ3v) is 4.70. The Balaban J connectivity index is 1.46. The van der Waals surface area contributed by atoms with E-state index >= 15 is 0 Å². The van der Waals surface area contributed by atoms with Gasteiger partial charge in [0.15, 0.2) is 0 Å². The lowest BCUT2D eigenvalue weighted by Crippen LogP contribution is -2.12. The van der Waals surface area contributed by atoms with Crippen molar-refractivity contribution >= 4 is 28.8 Å². The van der Waals surface area contributed by atoms with E-state index in [4.69, 9.17) is 16.3 Å². The number of rotatable bonds is 5. The predicted molar refractivity (Wildman–Crippen MR) is 110 cm³/mol. The molecule has 0 atom stereocenters. The molecule has 0 aliphatic rings. The first-order valence-electron chi connectivity index (χ1n) is 8.92. The van der Waals surface area contributed by atoms with Gasteiger partial charge in [-0.15, -0.1) is 0 Å². The van der Waals surface area contributed by atoms with Crippen molar-refractivity contribution in [2.75, 3.05) is 5.32 Å². The van der Waals surface area contributed by atoms with Crippen molar-refractivity contribution in [2.45, 2.75) is 13.5 Å². The van der Waals surface area contributed by atoms with Crippen LogP contribution in [0.25, 0.3) is 5.65 Å². The summed E-state index contributed by atoms with van der Waals surface area (Å²) in [6.07, 6.45) is 3.85. The monoisotopic (exact) mass is 409 g/mol. The van der Waals surface area contributed by atoms with Crippen molar-refractivity contribution in [3.63, 3.8) is 0 Å². The van der Waals surface area contributed by atoms with E-state index in [0.717, 1.165) is 23.0 Å². The number of hydrogen-bond donors (Lipinski definition) is 1. The van der Waals surface area contributed by atoms with Gasteiger partial charge < -0.3 is 14.5 Å². The summed E-state index contributed by atoms with van der Waals surface area (Å²) in [5, 5.41) is 2.80. The molecule has 29 heavy (non-hydrogen) atoms. The number of amides is 1. The summed E-state index contributed by atoms with van der Waals surface area (Å²) in [5.41, 5.74) is 3.48. The molecule has 0 saturated heterocycles. The van der Waals surface area contributed by atoms with E-state index < -0.39 is 5.82 Å². The predicted octanol–water partition coefficient (Wildman–Crippen LogP) is 5.27. The molecule has 0 aliphatic carbocycles. The summed E-state index contributed by atoms with van der Waals surface area (Å²) in [6, 6.07) is 14.5. The molecule has 2 aromatic carbocycles. The maximum Gasteiger partial charge on any atom is 0.255 e. The number of imidazole rings is 1. The first kappa shape index (κ1) is 19.0. The highest BCUT2D eigenvalue weighted by atomic mass is 35.5. The molecule has 4 aromatic rings. The van der Waals surface area contributed by atoms with Crippen LogP contribution in [0, 0.1) is 12.7 Å². The van der Waals surface area contributed by atoms with Gasteiger partial charge in [0, 0.05) is 18.0 Å². The molecule has 1 amide bonds. The Morgan fingerprint density at radius 3 is 2.86 bits per heavy atom. The molecule has 0 fully saturated rings. The first-order valence-corrected chi connectivity index (χ1v) is 9.30. The molecule has 0 bridgehead atoms. The molecule has 0 aliphatic heterocycles. The van der Waals surface area contributed by atoms with Crippen LogP contribution in [0.4, 0.5) is 10.1 Å². The number of carbonyl (C=O) groups is 1. The topological polar surface area (TPSA) is 55.6 Å². The van der Waals surface area contributed by atoms with Crippen molar-refractivity contribution in [1.29, 1.82) is 0 Å². The van der Waals surface area contributed by atoms with Crippen molar-refractivity contribution < 1.29 is 13.9 Å². The molecule has 0 saturated carbocycles. The summed E-state index contributed by atoms with van der Waals surface area (Å²) in [7, 11) is 0. The number of hydrogen-bond acceptors (Lipinski definition) is 3. The Labute approximate surface area is 171 Å². The fraction of sp³-hybridized carbons (Fsp3) is 0.0909. The van der Waals surface area contributed by atoms with Crippen LogP contribution in [-0.4, -0.2) is 15.3 Å². The lowest BCUT2D eigenvalue weighted by molar-refractivity contribution is 0.102. The third-order valence-electron chi connectivity index (χ3n) is 4.39. The zero-order chi connectivity index (χ0) is 20.4. The van der Waals surface area contributed by atoms with Gasteiger partial charge in [-0.2, -0.15) is 0 Å². The lowest BCUT2D eigenvalue weighted by atomic mass is 10.2.